The fourth-order valence-electron chi connectivity index (χ4n) is 5.71. The Bertz CT molecular complexity index is 2110. The maximum absolute atomic E-state index is 12.9. The van der Waals surface area contributed by atoms with Crippen molar-refractivity contribution >= 4 is 37.7 Å². The Balaban J connectivity index is 0.000000254. The van der Waals surface area contributed by atoms with Gasteiger partial charge < -0.3 is 37.5 Å². The number of carbonyl (C=O) groups excluding carboxylic acids is 1. The maximum atomic E-state index is 12.9. The lowest BCUT2D eigenvalue weighted by molar-refractivity contribution is 0.103. The van der Waals surface area contributed by atoms with E-state index in [9.17, 15) is 9.36 Å². The first-order valence-electron chi connectivity index (χ1n) is 18.0. The third kappa shape index (κ3) is 11.8. The van der Waals surface area contributed by atoms with Crippen LogP contribution in [-0.4, -0.2) is 71.6 Å². The van der Waals surface area contributed by atoms with Gasteiger partial charge in [-0.3, -0.25) is 9.36 Å². The third-order valence-electron chi connectivity index (χ3n) is 8.22. The Morgan fingerprint density at radius 3 is 1.47 bits per heavy atom. The van der Waals surface area contributed by atoms with Gasteiger partial charge in [0.05, 0.1) is 84.7 Å². The molecule has 12 nitrogen and oxygen atoms in total. The molecule has 0 aliphatic heterocycles. The summed E-state index contributed by atoms with van der Waals surface area (Å²) in [5.41, 5.74) is 4.49. The predicted molar refractivity (Wildman–Crippen MR) is 223 cm³/mol. The molecule has 0 amide bonds. The second-order valence-electron chi connectivity index (χ2n) is 11.8. The average Bonchev–Trinajstić information content (AvgIpc) is 3.24. The van der Waals surface area contributed by atoms with Crippen molar-refractivity contribution in [3.05, 3.63) is 130 Å². The number of para-hydroxylation sites is 3. The van der Waals surface area contributed by atoms with E-state index in [1.165, 1.54) is 14.2 Å². The Kier molecular flexibility index (Phi) is 16.9. The van der Waals surface area contributed by atoms with Gasteiger partial charge in [-0.25, -0.2) is 9.97 Å². The summed E-state index contributed by atoms with van der Waals surface area (Å²) in [4.78, 5) is 22.0. The van der Waals surface area contributed by atoms with E-state index < -0.39 is 7.60 Å². The van der Waals surface area contributed by atoms with E-state index in [2.05, 4.69) is 9.97 Å². The van der Waals surface area contributed by atoms with E-state index in [0.717, 1.165) is 22.5 Å². The molecular formula is C44H49N2O10P. The molecule has 2 heterocycles. The van der Waals surface area contributed by atoms with Crippen molar-refractivity contribution in [1.82, 2.24) is 9.97 Å². The van der Waals surface area contributed by atoms with Gasteiger partial charge in [-0.1, -0.05) is 42.5 Å². The molecule has 0 unspecified atom stereocenters. The molecule has 0 aliphatic carbocycles. The van der Waals surface area contributed by atoms with Gasteiger partial charge >= 0.3 is 7.60 Å². The monoisotopic (exact) mass is 796 g/mol. The van der Waals surface area contributed by atoms with Gasteiger partial charge in [0, 0.05) is 11.1 Å². The summed E-state index contributed by atoms with van der Waals surface area (Å²) in [5, 5.41) is 0. The summed E-state index contributed by atoms with van der Waals surface area (Å²) in [5.74, 6) is 3.24. The van der Waals surface area contributed by atoms with Crippen LogP contribution in [0.5, 0.6) is 34.5 Å². The van der Waals surface area contributed by atoms with Crippen LogP contribution in [0.3, 0.4) is 0 Å². The molecule has 0 saturated carbocycles. The lowest BCUT2D eigenvalue weighted by Crippen LogP contribution is -2.09. The first-order valence-corrected chi connectivity index (χ1v) is 19.8. The smallest absolute Gasteiger partial charge is 0.336 e. The van der Waals surface area contributed by atoms with Crippen LogP contribution in [0.25, 0.3) is 24.3 Å². The number of carbonyl (C=O) groups is 1. The number of nitrogens with zero attached hydrogens (tertiary/aromatic N) is 2. The van der Waals surface area contributed by atoms with Crippen molar-refractivity contribution in [2.45, 2.75) is 20.0 Å². The average molecular weight is 797 g/mol. The van der Waals surface area contributed by atoms with E-state index in [1.54, 1.807) is 78.7 Å². The number of benzene rings is 3. The Morgan fingerprint density at radius 2 is 1.00 bits per heavy atom. The quantitative estimate of drug-likeness (QED) is 0.0618. The Labute approximate surface area is 334 Å². The van der Waals surface area contributed by atoms with Crippen molar-refractivity contribution in [2.75, 3.05) is 55.9 Å². The molecule has 300 valence electrons. The van der Waals surface area contributed by atoms with Gasteiger partial charge in [-0.15, -0.1) is 0 Å². The van der Waals surface area contributed by atoms with Crippen molar-refractivity contribution in [3.8, 4) is 34.5 Å². The largest absolute Gasteiger partial charge is 0.493 e. The molecule has 0 aliphatic rings. The molecule has 0 N–H and O–H groups in total. The van der Waals surface area contributed by atoms with Gasteiger partial charge in [0.25, 0.3) is 0 Å². The molecule has 0 bridgehead atoms. The fourth-order valence-corrected chi connectivity index (χ4v) is 7.33. The van der Waals surface area contributed by atoms with E-state index in [4.69, 9.17) is 37.5 Å². The molecule has 13 heteroatoms. The molecule has 0 fully saturated rings. The van der Waals surface area contributed by atoms with Crippen LogP contribution in [0.1, 0.15) is 58.1 Å². The first kappa shape index (κ1) is 43.8. The number of aromatic nitrogens is 2. The molecule has 2 aromatic heterocycles. The number of hydrogen-bond acceptors (Lipinski definition) is 12. The standard InChI is InChI=1S/C25H25NO4.C19H24NO6P/c1-27-22-12-5-8-18(24(22)29-3)14-16-20-10-7-11-21(26-20)17-15-19-9-6-13-23(28-2)25(19)30-4;1-5-25-27(22,26-6-2)13-14-9-7-11-16(20-14)18(21)15-10-8-12-17(23-3)19(15)24-4/h5-17H,1-4H3;7-12H,5-6,13H2,1-4H3/b16-14+,17-15+;. The van der Waals surface area contributed by atoms with Crippen LogP contribution in [0, 0.1) is 0 Å². The minimum Gasteiger partial charge on any atom is -0.493 e. The van der Waals surface area contributed by atoms with Crippen molar-refractivity contribution < 1.29 is 46.8 Å². The number of pyridine rings is 2. The molecule has 0 radical (unpaired) electrons. The Hall–Kier alpha value is -5.94. The summed E-state index contributed by atoms with van der Waals surface area (Å²) in [6, 6.07) is 27.4. The third-order valence-corrected chi connectivity index (χ3v) is 10.2. The topological polar surface area (TPSA) is 134 Å². The number of ketones is 1. The first-order chi connectivity index (χ1) is 27.7. The zero-order valence-corrected chi connectivity index (χ0v) is 34.4. The second-order valence-corrected chi connectivity index (χ2v) is 13.9. The van der Waals surface area contributed by atoms with Crippen LogP contribution in [-0.2, 0) is 19.8 Å². The highest BCUT2D eigenvalue weighted by Crippen LogP contribution is 2.51. The summed E-state index contributed by atoms with van der Waals surface area (Å²) in [6.45, 7) is 4.01. The minimum absolute atomic E-state index is 0.00888. The highest BCUT2D eigenvalue weighted by molar-refractivity contribution is 7.53. The fraction of sp³-hybridized carbons (Fsp3) is 0.250. The molecule has 5 aromatic rings. The van der Waals surface area contributed by atoms with Gasteiger partial charge in [0.15, 0.2) is 34.5 Å². The highest BCUT2D eigenvalue weighted by Gasteiger charge is 2.26. The zero-order chi connectivity index (χ0) is 41.2. The number of methoxy groups -OCH3 is 6. The van der Waals surface area contributed by atoms with Gasteiger partial charge in [0.2, 0.25) is 5.78 Å². The van der Waals surface area contributed by atoms with Gasteiger partial charge in [-0.05, 0) is 86.7 Å². The van der Waals surface area contributed by atoms with E-state index in [1.807, 2.05) is 78.9 Å². The summed E-state index contributed by atoms with van der Waals surface area (Å²) in [6.07, 6.45) is 7.80. The molecule has 57 heavy (non-hydrogen) atoms. The van der Waals surface area contributed by atoms with Gasteiger partial charge in [0.1, 0.15) is 5.69 Å². The van der Waals surface area contributed by atoms with Crippen molar-refractivity contribution in [2.24, 2.45) is 0 Å². The van der Waals surface area contributed by atoms with Crippen molar-refractivity contribution in [1.29, 1.82) is 0 Å². The Morgan fingerprint density at radius 1 is 0.544 bits per heavy atom. The normalized spacial score (nSPS) is 11.2. The minimum atomic E-state index is -3.31. The van der Waals surface area contributed by atoms with Gasteiger partial charge in [-0.2, -0.15) is 0 Å². The SMILES string of the molecule is CCOP(=O)(Cc1cccc(C(=O)c2cccc(OC)c2OC)n1)OCC.COc1cccc(/C=C/c2cccc(/C=C/c3cccc(OC)c3OC)n2)c1OC. The molecule has 0 atom stereocenters. The predicted octanol–water partition coefficient (Wildman–Crippen LogP) is 9.55. The van der Waals surface area contributed by atoms with Crippen LogP contribution in [0.2, 0.25) is 0 Å². The van der Waals surface area contributed by atoms with Crippen molar-refractivity contribution in [3.63, 3.8) is 0 Å². The van der Waals surface area contributed by atoms with Crippen LogP contribution in [0.15, 0.2) is 91.0 Å². The number of ether oxygens (including phenoxy) is 6. The van der Waals surface area contributed by atoms with E-state index in [-0.39, 0.29) is 30.9 Å². The lowest BCUT2D eigenvalue weighted by Gasteiger charge is -2.17. The molecule has 5 rings (SSSR count). The maximum Gasteiger partial charge on any atom is 0.336 e. The van der Waals surface area contributed by atoms with E-state index >= 15 is 0 Å². The number of hydrogen-bond donors (Lipinski definition) is 0. The highest BCUT2D eigenvalue weighted by atomic mass is 31.2. The summed E-state index contributed by atoms with van der Waals surface area (Å²) < 4.78 is 55.5. The molecule has 0 spiro atoms. The molecule has 3 aromatic carbocycles. The molecule has 0 saturated heterocycles. The second kappa shape index (κ2) is 22.0. The zero-order valence-electron chi connectivity index (χ0n) is 33.5. The van der Waals surface area contributed by atoms with Crippen LogP contribution >= 0.6 is 7.60 Å². The molecular weight excluding hydrogens is 747 g/mol. The van der Waals surface area contributed by atoms with Crippen LogP contribution < -0.4 is 28.4 Å². The summed E-state index contributed by atoms with van der Waals surface area (Å²) in [7, 11) is 6.18. The number of rotatable bonds is 18. The van der Waals surface area contributed by atoms with Crippen LogP contribution in [0.4, 0.5) is 0 Å². The van der Waals surface area contributed by atoms with E-state index in [0.29, 0.717) is 45.8 Å². The summed E-state index contributed by atoms with van der Waals surface area (Å²) >= 11 is 0. The lowest BCUT2D eigenvalue weighted by atomic mass is 10.1.